The third-order valence-corrected chi connectivity index (χ3v) is 2.78. The van der Waals surface area contributed by atoms with Gasteiger partial charge < -0.3 is 15.5 Å². The van der Waals surface area contributed by atoms with Gasteiger partial charge in [-0.15, -0.1) is 0 Å². The van der Waals surface area contributed by atoms with Gasteiger partial charge in [0.1, 0.15) is 5.75 Å². The number of rotatable bonds is 3. The smallest absolute Gasteiger partial charge is 0.416 e. The minimum absolute atomic E-state index is 0.0430. The lowest BCUT2D eigenvalue weighted by molar-refractivity contribution is -0.137. The third kappa shape index (κ3) is 3.34. The molecule has 0 bridgehead atoms. The molecule has 7 heteroatoms. The van der Waals surface area contributed by atoms with Crippen LogP contribution in [0.25, 0.3) is 0 Å². The molecule has 1 aromatic rings. The number of hydrogen-bond acceptors (Lipinski definition) is 3. The highest BCUT2D eigenvalue weighted by Crippen LogP contribution is 2.39. The summed E-state index contributed by atoms with van der Waals surface area (Å²) in [5.74, 6) is -0.388. The molecule has 0 heterocycles. The molecule has 0 saturated heterocycles. The molecule has 1 rings (SSSR count). The molecule has 0 spiro atoms. The molecule has 0 amide bonds. The Morgan fingerprint density at radius 1 is 1.41 bits per heavy atom. The summed E-state index contributed by atoms with van der Waals surface area (Å²) in [5, 5.41) is 21.8. The van der Waals surface area contributed by atoms with E-state index in [2.05, 4.69) is 21.2 Å². The first-order valence-electron chi connectivity index (χ1n) is 4.69. The van der Waals surface area contributed by atoms with Crippen molar-refractivity contribution < 1.29 is 23.4 Å². The SMILES string of the molecule is CNCC(O)c1cc(C(F)(F)F)cc(Br)c1O. The quantitative estimate of drug-likeness (QED) is 0.803. The second-order valence-corrected chi connectivity index (χ2v) is 4.32. The number of likely N-dealkylation sites (N-methyl/N-ethyl adjacent to an activating group) is 1. The zero-order chi connectivity index (χ0) is 13.2. The summed E-state index contributed by atoms with van der Waals surface area (Å²) in [4.78, 5) is 0. The van der Waals surface area contributed by atoms with Crippen LogP contribution in [0.15, 0.2) is 16.6 Å². The van der Waals surface area contributed by atoms with Crippen molar-refractivity contribution in [1.29, 1.82) is 0 Å². The summed E-state index contributed by atoms with van der Waals surface area (Å²) in [6, 6.07) is 1.51. The van der Waals surface area contributed by atoms with Gasteiger partial charge in [-0.2, -0.15) is 13.2 Å². The van der Waals surface area contributed by atoms with Crippen LogP contribution in [0.4, 0.5) is 13.2 Å². The highest BCUT2D eigenvalue weighted by molar-refractivity contribution is 9.10. The van der Waals surface area contributed by atoms with Gasteiger partial charge in [0.2, 0.25) is 0 Å². The number of phenolic OH excluding ortho intramolecular Hbond substituents is 1. The molecule has 0 fully saturated rings. The number of phenols is 1. The average molecular weight is 314 g/mol. The largest absolute Gasteiger partial charge is 0.506 e. The number of aromatic hydroxyl groups is 1. The van der Waals surface area contributed by atoms with E-state index in [9.17, 15) is 23.4 Å². The minimum Gasteiger partial charge on any atom is -0.506 e. The van der Waals surface area contributed by atoms with Gasteiger partial charge in [-0.05, 0) is 35.1 Å². The van der Waals surface area contributed by atoms with Crippen LogP contribution in [-0.2, 0) is 6.18 Å². The predicted octanol–water partition coefficient (Wildman–Crippen LogP) is 2.43. The summed E-state index contributed by atoms with van der Waals surface area (Å²) in [7, 11) is 1.54. The molecular weight excluding hydrogens is 303 g/mol. The maximum Gasteiger partial charge on any atom is 0.416 e. The summed E-state index contributed by atoms with van der Waals surface area (Å²) < 4.78 is 37.5. The van der Waals surface area contributed by atoms with E-state index >= 15 is 0 Å². The molecule has 0 radical (unpaired) electrons. The van der Waals surface area contributed by atoms with Gasteiger partial charge in [0.05, 0.1) is 16.1 Å². The number of hydrogen-bond donors (Lipinski definition) is 3. The van der Waals surface area contributed by atoms with Gasteiger partial charge in [-0.1, -0.05) is 0 Å². The first kappa shape index (κ1) is 14.3. The third-order valence-electron chi connectivity index (χ3n) is 2.18. The summed E-state index contributed by atoms with van der Waals surface area (Å²) >= 11 is 2.83. The van der Waals surface area contributed by atoms with Crippen LogP contribution in [0.2, 0.25) is 0 Å². The maximum absolute atomic E-state index is 12.5. The Balaban J connectivity index is 3.25. The maximum atomic E-state index is 12.5. The van der Waals surface area contributed by atoms with Gasteiger partial charge in [-0.25, -0.2) is 0 Å². The van der Waals surface area contributed by atoms with E-state index in [0.717, 1.165) is 12.1 Å². The van der Waals surface area contributed by atoms with Crippen LogP contribution in [0.1, 0.15) is 17.2 Å². The van der Waals surface area contributed by atoms with E-state index in [4.69, 9.17) is 0 Å². The minimum atomic E-state index is -4.52. The fourth-order valence-corrected chi connectivity index (χ4v) is 1.82. The summed E-state index contributed by atoms with van der Waals surface area (Å²) in [6.07, 6.45) is -5.73. The van der Waals surface area contributed by atoms with Crippen molar-refractivity contribution in [3.63, 3.8) is 0 Å². The van der Waals surface area contributed by atoms with Crippen molar-refractivity contribution in [2.24, 2.45) is 0 Å². The summed E-state index contributed by atoms with van der Waals surface area (Å²) in [6.45, 7) is 0.0430. The average Bonchev–Trinajstić information content (AvgIpc) is 2.20. The van der Waals surface area contributed by atoms with Gasteiger partial charge in [0.15, 0.2) is 0 Å². The number of halogens is 4. The molecule has 0 saturated carbocycles. The lowest BCUT2D eigenvalue weighted by Crippen LogP contribution is -2.17. The van der Waals surface area contributed by atoms with Crippen LogP contribution >= 0.6 is 15.9 Å². The van der Waals surface area contributed by atoms with E-state index in [1.165, 1.54) is 0 Å². The highest BCUT2D eigenvalue weighted by Gasteiger charge is 2.32. The molecule has 1 aromatic carbocycles. The first-order valence-corrected chi connectivity index (χ1v) is 5.49. The Morgan fingerprint density at radius 2 is 2.00 bits per heavy atom. The van der Waals surface area contributed by atoms with Crippen molar-refractivity contribution in [2.45, 2.75) is 12.3 Å². The van der Waals surface area contributed by atoms with Crippen LogP contribution in [0.5, 0.6) is 5.75 Å². The van der Waals surface area contributed by atoms with Gasteiger partial charge in [0, 0.05) is 12.1 Å². The lowest BCUT2D eigenvalue weighted by Gasteiger charge is -2.16. The van der Waals surface area contributed by atoms with E-state index in [1.807, 2.05) is 0 Å². The fraction of sp³-hybridized carbons (Fsp3) is 0.400. The molecular formula is C10H11BrF3NO2. The van der Waals surface area contributed by atoms with Crippen LogP contribution in [0.3, 0.4) is 0 Å². The Bertz CT molecular complexity index is 409. The Morgan fingerprint density at radius 3 is 2.47 bits per heavy atom. The normalized spacial score (nSPS) is 13.8. The van der Waals surface area contributed by atoms with Crippen molar-refractivity contribution >= 4 is 15.9 Å². The molecule has 17 heavy (non-hydrogen) atoms. The van der Waals surface area contributed by atoms with Crippen LogP contribution < -0.4 is 5.32 Å². The van der Waals surface area contributed by atoms with E-state index < -0.39 is 17.8 Å². The molecule has 0 aliphatic rings. The zero-order valence-electron chi connectivity index (χ0n) is 8.85. The molecule has 1 atom stereocenters. The van der Waals surface area contributed by atoms with Crippen LogP contribution in [0, 0.1) is 0 Å². The predicted molar refractivity (Wildman–Crippen MR) is 59.7 cm³/mol. The Kier molecular flexibility index (Phi) is 4.40. The molecule has 0 aliphatic heterocycles. The fourth-order valence-electron chi connectivity index (χ4n) is 1.34. The van der Waals surface area contributed by atoms with Crippen molar-refractivity contribution in [1.82, 2.24) is 5.32 Å². The lowest BCUT2D eigenvalue weighted by atomic mass is 10.0. The number of alkyl halides is 3. The van der Waals surface area contributed by atoms with Crippen molar-refractivity contribution in [3.8, 4) is 5.75 Å². The van der Waals surface area contributed by atoms with E-state index in [-0.39, 0.29) is 22.3 Å². The monoisotopic (exact) mass is 313 g/mol. The molecule has 3 nitrogen and oxygen atoms in total. The summed E-state index contributed by atoms with van der Waals surface area (Å²) in [5.41, 5.74) is -1.09. The second-order valence-electron chi connectivity index (χ2n) is 3.47. The molecule has 0 aromatic heterocycles. The topological polar surface area (TPSA) is 52.5 Å². The van der Waals surface area contributed by atoms with Crippen LogP contribution in [-0.4, -0.2) is 23.8 Å². The second kappa shape index (κ2) is 5.24. The van der Waals surface area contributed by atoms with Crippen molar-refractivity contribution in [2.75, 3.05) is 13.6 Å². The Hall–Kier alpha value is -0.790. The number of aliphatic hydroxyl groups excluding tert-OH is 1. The number of nitrogens with one attached hydrogen (secondary N) is 1. The van der Waals surface area contributed by atoms with Crippen molar-refractivity contribution in [3.05, 3.63) is 27.7 Å². The van der Waals surface area contributed by atoms with Gasteiger partial charge >= 0.3 is 6.18 Å². The molecule has 1 unspecified atom stereocenters. The molecule has 96 valence electrons. The standard InChI is InChI=1S/C10H11BrF3NO2/c1-15-4-8(16)6-2-5(10(12,13)14)3-7(11)9(6)17/h2-3,8,15-17H,4H2,1H3. The van der Waals surface area contributed by atoms with Gasteiger partial charge in [0.25, 0.3) is 0 Å². The number of benzene rings is 1. The van der Waals surface area contributed by atoms with E-state index in [1.54, 1.807) is 7.05 Å². The zero-order valence-corrected chi connectivity index (χ0v) is 10.4. The molecule has 3 N–H and O–H groups in total. The molecule has 0 aliphatic carbocycles. The van der Waals surface area contributed by atoms with Gasteiger partial charge in [-0.3, -0.25) is 0 Å². The first-order chi connectivity index (χ1) is 7.77. The Labute approximate surface area is 104 Å². The van der Waals surface area contributed by atoms with E-state index in [0.29, 0.717) is 0 Å². The number of aliphatic hydroxyl groups is 1. The highest BCUT2D eigenvalue weighted by atomic mass is 79.9.